The first kappa shape index (κ1) is 17.4. The molecular formula is C20H18Cl2N2O2. The van der Waals surface area contributed by atoms with Crippen LogP contribution < -0.4 is 5.73 Å². The van der Waals surface area contributed by atoms with Gasteiger partial charge in [0, 0.05) is 29.1 Å². The van der Waals surface area contributed by atoms with Crippen LogP contribution >= 0.6 is 23.2 Å². The van der Waals surface area contributed by atoms with Gasteiger partial charge in [-0.2, -0.15) is 0 Å². The number of amides is 1. The van der Waals surface area contributed by atoms with Gasteiger partial charge in [0.2, 0.25) is 0 Å². The van der Waals surface area contributed by atoms with Gasteiger partial charge >= 0.3 is 0 Å². The molecule has 2 aromatic carbocycles. The van der Waals surface area contributed by atoms with Crippen LogP contribution in [-0.4, -0.2) is 34.0 Å². The minimum Gasteiger partial charge on any atom is -0.509 e. The minimum atomic E-state index is -0.817. The molecule has 0 radical (unpaired) electrons. The number of nitrogens with two attached hydrogens (primary N) is 1. The zero-order valence-corrected chi connectivity index (χ0v) is 15.5. The first-order valence-electron chi connectivity index (χ1n) is 8.42. The second-order valence-corrected chi connectivity index (χ2v) is 7.83. The highest BCUT2D eigenvalue weighted by Gasteiger charge is 2.56. The highest BCUT2D eigenvalue weighted by Crippen LogP contribution is 2.47. The number of hydrogen-bond donors (Lipinski definition) is 2. The highest BCUT2D eigenvalue weighted by atomic mass is 35.5. The Hall–Kier alpha value is -2.01. The van der Waals surface area contributed by atoms with E-state index in [9.17, 15) is 9.90 Å². The van der Waals surface area contributed by atoms with Gasteiger partial charge in [0.05, 0.1) is 5.57 Å². The number of hydrogen-bond acceptors (Lipinski definition) is 3. The Morgan fingerprint density at radius 3 is 2.46 bits per heavy atom. The van der Waals surface area contributed by atoms with E-state index in [1.54, 1.807) is 23.1 Å². The van der Waals surface area contributed by atoms with Crippen LogP contribution in [0.15, 0.2) is 54.3 Å². The zero-order valence-electron chi connectivity index (χ0n) is 14.0. The van der Waals surface area contributed by atoms with Crippen molar-refractivity contribution < 1.29 is 9.90 Å². The number of benzene rings is 2. The molecule has 2 unspecified atom stereocenters. The monoisotopic (exact) mass is 388 g/mol. The number of aliphatic hydroxyl groups excluding tert-OH is 1. The number of nitrogens with zero attached hydrogens (tertiary/aromatic N) is 1. The van der Waals surface area contributed by atoms with Crippen molar-refractivity contribution in [1.82, 2.24) is 4.90 Å². The molecule has 26 heavy (non-hydrogen) atoms. The average Bonchev–Trinajstić information content (AvgIpc) is 3.00. The second kappa shape index (κ2) is 6.31. The van der Waals surface area contributed by atoms with Gasteiger partial charge in [-0.3, -0.25) is 4.79 Å². The van der Waals surface area contributed by atoms with Gasteiger partial charge in [0.1, 0.15) is 11.3 Å². The molecule has 1 saturated heterocycles. The standard InChI is InChI=1S/C20H18Cl2N2O2/c21-14-6-13(7-15(22)8-14)17-18(25)20(9-12-4-2-1-3-5-12)10-16(23)11-24(20)19(17)26/h1-8,16,25H,9-11,23H2. The van der Waals surface area contributed by atoms with Crippen LogP contribution in [0.5, 0.6) is 0 Å². The molecule has 2 heterocycles. The van der Waals surface area contributed by atoms with E-state index in [0.29, 0.717) is 35.0 Å². The van der Waals surface area contributed by atoms with E-state index in [1.807, 2.05) is 30.3 Å². The Balaban J connectivity index is 1.85. The van der Waals surface area contributed by atoms with E-state index in [1.165, 1.54) is 0 Å². The van der Waals surface area contributed by atoms with Gasteiger partial charge in [-0.1, -0.05) is 53.5 Å². The lowest BCUT2D eigenvalue weighted by Crippen LogP contribution is -2.45. The molecular weight excluding hydrogens is 371 g/mol. The summed E-state index contributed by atoms with van der Waals surface area (Å²) in [5.41, 5.74) is 7.16. The van der Waals surface area contributed by atoms with Crippen LogP contribution in [-0.2, 0) is 11.2 Å². The number of rotatable bonds is 3. The molecule has 2 aliphatic heterocycles. The molecule has 134 valence electrons. The molecule has 2 aliphatic rings. The lowest BCUT2D eigenvalue weighted by molar-refractivity contribution is -0.126. The summed E-state index contributed by atoms with van der Waals surface area (Å²) in [7, 11) is 0. The molecule has 4 rings (SSSR count). The molecule has 0 aliphatic carbocycles. The molecule has 0 spiro atoms. The van der Waals surface area contributed by atoms with E-state index in [4.69, 9.17) is 28.9 Å². The molecule has 0 bridgehead atoms. The average molecular weight is 389 g/mol. The lowest BCUT2D eigenvalue weighted by Gasteiger charge is -2.32. The summed E-state index contributed by atoms with van der Waals surface area (Å²) >= 11 is 12.2. The summed E-state index contributed by atoms with van der Waals surface area (Å²) in [6.07, 6.45) is 1.02. The normalized spacial score (nSPS) is 25.1. The fraction of sp³-hybridized carbons (Fsp3) is 0.250. The van der Waals surface area contributed by atoms with E-state index in [2.05, 4.69) is 0 Å². The molecule has 3 N–H and O–H groups in total. The van der Waals surface area contributed by atoms with E-state index < -0.39 is 5.54 Å². The molecule has 0 aromatic heterocycles. The maximum atomic E-state index is 13.1. The van der Waals surface area contributed by atoms with Crippen LogP contribution in [0.1, 0.15) is 17.5 Å². The summed E-state index contributed by atoms with van der Waals surface area (Å²) in [5, 5.41) is 12.0. The molecule has 1 amide bonds. The number of fused-ring (bicyclic) bond motifs is 1. The topological polar surface area (TPSA) is 66.6 Å². The number of aliphatic hydroxyl groups is 1. The van der Waals surface area contributed by atoms with Crippen LogP contribution in [0.25, 0.3) is 5.57 Å². The van der Waals surface area contributed by atoms with Gasteiger partial charge in [-0.15, -0.1) is 0 Å². The SMILES string of the molecule is NC1CN2C(=O)C(c3cc(Cl)cc(Cl)c3)=C(O)C2(Cc2ccccc2)C1. The molecule has 0 saturated carbocycles. The second-order valence-electron chi connectivity index (χ2n) is 6.96. The smallest absolute Gasteiger partial charge is 0.258 e. The quantitative estimate of drug-likeness (QED) is 0.839. The predicted molar refractivity (Wildman–Crippen MR) is 103 cm³/mol. The maximum Gasteiger partial charge on any atom is 0.258 e. The summed E-state index contributed by atoms with van der Waals surface area (Å²) < 4.78 is 0. The van der Waals surface area contributed by atoms with E-state index >= 15 is 0 Å². The van der Waals surface area contributed by atoms with Gasteiger partial charge in [-0.25, -0.2) is 0 Å². The zero-order chi connectivity index (χ0) is 18.5. The Labute approximate surface area is 161 Å². The summed E-state index contributed by atoms with van der Waals surface area (Å²) in [4.78, 5) is 14.8. The van der Waals surface area contributed by atoms with Crippen LogP contribution in [0.3, 0.4) is 0 Å². The van der Waals surface area contributed by atoms with Crippen molar-refractivity contribution in [2.24, 2.45) is 5.73 Å². The predicted octanol–water partition coefficient (Wildman–Crippen LogP) is 3.82. The molecule has 4 nitrogen and oxygen atoms in total. The molecule has 2 aromatic rings. The summed E-state index contributed by atoms with van der Waals surface area (Å²) in [5.74, 6) is -0.178. The number of carbonyl (C=O) groups is 1. The summed E-state index contributed by atoms with van der Waals surface area (Å²) in [6.45, 7) is 0.410. The van der Waals surface area contributed by atoms with Crippen molar-refractivity contribution in [3.63, 3.8) is 0 Å². The third-order valence-corrected chi connectivity index (χ3v) is 5.60. The maximum absolute atomic E-state index is 13.1. The van der Waals surface area contributed by atoms with Crippen molar-refractivity contribution in [1.29, 1.82) is 0 Å². The van der Waals surface area contributed by atoms with E-state index in [-0.39, 0.29) is 23.3 Å². The highest BCUT2D eigenvalue weighted by molar-refractivity contribution is 6.35. The van der Waals surface area contributed by atoms with Gasteiger partial charge in [0.15, 0.2) is 0 Å². The van der Waals surface area contributed by atoms with Crippen LogP contribution in [0.2, 0.25) is 10.0 Å². The lowest BCUT2D eigenvalue weighted by atomic mass is 9.85. The van der Waals surface area contributed by atoms with Crippen molar-refractivity contribution in [2.75, 3.05) is 6.54 Å². The molecule has 2 atom stereocenters. The number of carbonyl (C=O) groups excluding carboxylic acids is 1. The number of halogens is 2. The first-order chi connectivity index (χ1) is 12.4. The van der Waals surface area contributed by atoms with Gasteiger partial charge < -0.3 is 15.7 Å². The van der Waals surface area contributed by atoms with Crippen molar-refractivity contribution >= 4 is 34.7 Å². The van der Waals surface area contributed by atoms with Crippen LogP contribution in [0, 0.1) is 0 Å². The van der Waals surface area contributed by atoms with Crippen LogP contribution in [0.4, 0.5) is 0 Å². The Kier molecular flexibility index (Phi) is 4.22. The molecule has 1 fully saturated rings. The van der Waals surface area contributed by atoms with Crippen molar-refractivity contribution in [2.45, 2.75) is 24.4 Å². The minimum absolute atomic E-state index is 0.0534. The third-order valence-electron chi connectivity index (χ3n) is 5.16. The largest absolute Gasteiger partial charge is 0.509 e. The Morgan fingerprint density at radius 2 is 1.81 bits per heavy atom. The first-order valence-corrected chi connectivity index (χ1v) is 9.18. The Morgan fingerprint density at radius 1 is 1.15 bits per heavy atom. The fourth-order valence-electron chi connectivity index (χ4n) is 4.13. The summed E-state index contributed by atoms with van der Waals surface area (Å²) in [6, 6.07) is 14.5. The molecule has 6 heteroatoms. The van der Waals surface area contributed by atoms with Crippen molar-refractivity contribution in [3.8, 4) is 0 Å². The third kappa shape index (κ3) is 2.69. The van der Waals surface area contributed by atoms with Gasteiger partial charge in [0.25, 0.3) is 5.91 Å². The van der Waals surface area contributed by atoms with E-state index in [0.717, 1.165) is 5.56 Å². The van der Waals surface area contributed by atoms with Crippen molar-refractivity contribution in [3.05, 3.63) is 75.5 Å². The fourth-order valence-corrected chi connectivity index (χ4v) is 4.66. The Bertz CT molecular complexity index is 893. The van der Waals surface area contributed by atoms with Gasteiger partial charge in [-0.05, 0) is 35.7 Å².